The molecule has 1 amide bonds. The molecule has 2 rings (SSSR count). The molecule has 24 heavy (non-hydrogen) atoms. The zero-order valence-electron chi connectivity index (χ0n) is 14.0. The van der Waals surface area contributed by atoms with Crippen LogP contribution in [0.1, 0.15) is 68.1 Å². The highest BCUT2D eigenvalue weighted by Gasteiger charge is 2.25. The van der Waals surface area contributed by atoms with Crippen LogP contribution in [0.25, 0.3) is 0 Å². The number of rotatable bonds is 6. The largest absolute Gasteiger partial charge is 0.481 e. The maximum Gasteiger partial charge on any atom is 0.303 e. The smallest absolute Gasteiger partial charge is 0.303 e. The number of carboxylic acids is 1. The van der Waals surface area contributed by atoms with Crippen LogP contribution in [0.15, 0.2) is 24.3 Å². The lowest BCUT2D eigenvalue weighted by molar-refractivity contribution is -0.137. The van der Waals surface area contributed by atoms with Crippen molar-refractivity contribution in [1.29, 1.82) is 0 Å². The number of hydrogen-bond donors (Lipinski definition) is 1. The second kappa shape index (κ2) is 9.67. The minimum absolute atomic E-state index is 0.0115. The molecular weight excluding hydrogens is 326 g/mol. The molecule has 0 bridgehead atoms. The van der Waals surface area contributed by atoms with Crippen LogP contribution in [0.4, 0.5) is 0 Å². The first-order valence-electron chi connectivity index (χ1n) is 8.86. The Morgan fingerprint density at radius 1 is 1.04 bits per heavy atom. The number of carboxylic acid groups (broad SMARTS) is 1. The van der Waals surface area contributed by atoms with Crippen molar-refractivity contribution in [2.24, 2.45) is 0 Å². The van der Waals surface area contributed by atoms with E-state index < -0.39 is 5.97 Å². The van der Waals surface area contributed by atoms with Crippen molar-refractivity contribution >= 4 is 23.5 Å². The first kappa shape index (κ1) is 18.8. The Hall–Kier alpha value is -1.55. The standard InChI is InChI=1S/C19H26ClNO3/c20-16-12-10-15(11-13-16)19(24)21(14-6-9-18(22)23)17-7-4-2-1-3-5-8-17/h10-13,17H,1-9,14H2,(H,22,23). The van der Waals surface area contributed by atoms with Gasteiger partial charge in [-0.25, -0.2) is 0 Å². The predicted octanol–water partition coefficient (Wildman–Crippen LogP) is 4.76. The summed E-state index contributed by atoms with van der Waals surface area (Å²) in [7, 11) is 0. The fourth-order valence-electron chi connectivity index (χ4n) is 3.36. The molecule has 0 unspecified atom stereocenters. The molecule has 4 nitrogen and oxygen atoms in total. The molecule has 0 radical (unpaired) electrons. The Morgan fingerprint density at radius 2 is 1.62 bits per heavy atom. The molecule has 5 heteroatoms. The number of carbonyl (C=O) groups excluding carboxylic acids is 1. The highest BCUT2D eigenvalue weighted by atomic mass is 35.5. The van der Waals surface area contributed by atoms with Crippen molar-refractivity contribution in [3.63, 3.8) is 0 Å². The van der Waals surface area contributed by atoms with Gasteiger partial charge >= 0.3 is 5.97 Å². The fraction of sp³-hybridized carbons (Fsp3) is 0.579. The summed E-state index contributed by atoms with van der Waals surface area (Å²) >= 11 is 5.91. The average Bonchev–Trinajstić information content (AvgIpc) is 2.52. The molecule has 1 aromatic rings. The Balaban J connectivity index is 2.11. The van der Waals surface area contributed by atoms with E-state index in [9.17, 15) is 9.59 Å². The number of carbonyl (C=O) groups is 2. The fourth-order valence-corrected chi connectivity index (χ4v) is 3.48. The molecule has 0 spiro atoms. The van der Waals surface area contributed by atoms with E-state index in [4.69, 9.17) is 16.7 Å². The summed E-state index contributed by atoms with van der Waals surface area (Å²) in [6.45, 7) is 0.498. The predicted molar refractivity (Wildman–Crippen MR) is 95.5 cm³/mol. The highest BCUT2D eigenvalue weighted by molar-refractivity contribution is 6.30. The molecular formula is C19H26ClNO3. The van der Waals surface area contributed by atoms with Crippen LogP contribution in [0, 0.1) is 0 Å². The first-order valence-corrected chi connectivity index (χ1v) is 9.24. The van der Waals surface area contributed by atoms with Crippen LogP contribution in [0.2, 0.25) is 5.02 Å². The minimum atomic E-state index is -0.813. The van der Waals surface area contributed by atoms with Gasteiger partial charge in [-0.1, -0.05) is 43.7 Å². The van der Waals surface area contributed by atoms with E-state index in [0.29, 0.717) is 23.6 Å². The second-order valence-electron chi connectivity index (χ2n) is 6.50. The van der Waals surface area contributed by atoms with Crippen molar-refractivity contribution < 1.29 is 14.7 Å². The van der Waals surface area contributed by atoms with E-state index in [1.54, 1.807) is 24.3 Å². The lowest BCUT2D eigenvalue weighted by Gasteiger charge is -2.33. The van der Waals surface area contributed by atoms with Crippen LogP contribution in [0.5, 0.6) is 0 Å². The molecule has 0 aliphatic heterocycles. The zero-order chi connectivity index (χ0) is 17.4. The minimum Gasteiger partial charge on any atom is -0.481 e. The van der Waals surface area contributed by atoms with Crippen LogP contribution < -0.4 is 0 Å². The monoisotopic (exact) mass is 351 g/mol. The van der Waals surface area contributed by atoms with Gasteiger partial charge in [0.1, 0.15) is 0 Å². The topological polar surface area (TPSA) is 57.6 Å². The van der Waals surface area contributed by atoms with E-state index in [0.717, 1.165) is 25.7 Å². The van der Waals surface area contributed by atoms with Crippen LogP contribution in [-0.2, 0) is 4.79 Å². The molecule has 1 aliphatic rings. The van der Waals surface area contributed by atoms with E-state index in [2.05, 4.69) is 0 Å². The molecule has 1 saturated carbocycles. The molecule has 132 valence electrons. The van der Waals surface area contributed by atoms with Crippen molar-refractivity contribution in [2.45, 2.75) is 63.8 Å². The van der Waals surface area contributed by atoms with Gasteiger partial charge in [0.2, 0.25) is 0 Å². The molecule has 1 aliphatic carbocycles. The van der Waals surface area contributed by atoms with Gasteiger partial charge in [-0.05, 0) is 43.5 Å². The zero-order valence-corrected chi connectivity index (χ0v) is 14.8. The van der Waals surface area contributed by atoms with Crippen molar-refractivity contribution in [3.8, 4) is 0 Å². The van der Waals surface area contributed by atoms with Gasteiger partial charge < -0.3 is 10.0 Å². The highest BCUT2D eigenvalue weighted by Crippen LogP contribution is 2.24. The lowest BCUT2D eigenvalue weighted by atomic mass is 9.95. The van der Waals surface area contributed by atoms with Crippen LogP contribution >= 0.6 is 11.6 Å². The summed E-state index contributed by atoms with van der Waals surface area (Å²) in [6, 6.07) is 7.16. The van der Waals surface area contributed by atoms with Crippen LogP contribution in [-0.4, -0.2) is 34.5 Å². The third kappa shape index (κ3) is 5.82. The summed E-state index contributed by atoms with van der Waals surface area (Å²) in [6.07, 6.45) is 8.57. The number of benzene rings is 1. The Labute approximate surface area is 148 Å². The molecule has 1 N–H and O–H groups in total. The number of aliphatic carboxylic acids is 1. The quantitative estimate of drug-likeness (QED) is 0.803. The molecule has 1 aromatic carbocycles. The summed E-state index contributed by atoms with van der Waals surface area (Å²) in [5, 5.41) is 9.49. The normalized spacial score (nSPS) is 16.2. The maximum atomic E-state index is 13.0. The molecule has 1 fully saturated rings. The van der Waals surface area contributed by atoms with Gasteiger partial charge in [0.15, 0.2) is 0 Å². The maximum absolute atomic E-state index is 13.0. The molecule has 0 aromatic heterocycles. The Kier molecular flexibility index (Phi) is 7.57. The third-order valence-electron chi connectivity index (χ3n) is 4.66. The summed E-state index contributed by atoms with van der Waals surface area (Å²) in [5.74, 6) is -0.825. The molecule has 0 heterocycles. The van der Waals surface area contributed by atoms with Gasteiger partial charge in [-0.2, -0.15) is 0 Å². The van der Waals surface area contributed by atoms with Crippen molar-refractivity contribution in [1.82, 2.24) is 4.90 Å². The Morgan fingerprint density at radius 3 is 2.21 bits per heavy atom. The van der Waals surface area contributed by atoms with Crippen molar-refractivity contribution in [3.05, 3.63) is 34.9 Å². The number of hydrogen-bond acceptors (Lipinski definition) is 2. The SMILES string of the molecule is O=C(O)CCCN(C(=O)c1ccc(Cl)cc1)C1CCCCCCC1. The van der Waals surface area contributed by atoms with Gasteiger partial charge in [-0.3, -0.25) is 9.59 Å². The van der Waals surface area contributed by atoms with E-state index in [1.165, 1.54) is 19.3 Å². The number of nitrogens with zero attached hydrogens (tertiary/aromatic N) is 1. The van der Waals surface area contributed by atoms with Crippen LogP contribution in [0.3, 0.4) is 0 Å². The third-order valence-corrected chi connectivity index (χ3v) is 4.91. The van der Waals surface area contributed by atoms with E-state index >= 15 is 0 Å². The van der Waals surface area contributed by atoms with Gasteiger partial charge in [-0.15, -0.1) is 0 Å². The van der Waals surface area contributed by atoms with Gasteiger partial charge in [0, 0.05) is 29.6 Å². The number of amides is 1. The summed E-state index contributed by atoms with van der Waals surface area (Å²) in [4.78, 5) is 25.7. The molecule has 0 atom stereocenters. The summed E-state index contributed by atoms with van der Waals surface area (Å²) < 4.78 is 0. The first-order chi connectivity index (χ1) is 11.6. The number of halogens is 1. The molecule has 0 saturated heterocycles. The Bertz CT molecular complexity index is 536. The second-order valence-corrected chi connectivity index (χ2v) is 6.94. The van der Waals surface area contributed by atoms with Gasteiger partial charge in [0.25, 0.3) is 5.91 Å². The van der Waals surface area contributed by atoms with E-state index in [-0.39, 0.29) is 18.4 Å². The lowest BCUT2D eigenvalue weighted by Crippen LogP contribution is -2.41. The average molecular weight is 352 g/mol. The van der Waals surface area contributed by atoms with E-state index in [1.807, 2.05) is 4.90 Å². The van der Waals surface area contributed by atoms with Gasteiger partial charge in [0.05, 0.1) is 0 Å². The van der Waals surface area contributed by atoms with Crippen molar-refractivity contribution in [2.75, 3.05) is 6.54 Å². The summed E-state index contributed by atoms with van der Waals surface area (Å²) in [5.41, 5.74) is 0.622.